The molecular weight excluding hydrogens is 320 g/mol. The van der Waals surface area contributed by atoms with Gasteiger partial charge < -0.3 is 24.1 Å². The summed E-state index contributed by atoms with van der Waals surface area (Å²) < 4.78 is 21.6. The van der Waals surface area contributed by atoms with Crippen LogP contribution in [0.1, 0.15) is 61.3 Å². The number of hydrogen-bond donors (Lipinski definition) is 1. The summed E-state index contributed by atoms with van der Waals surface area (Å²) in [5, 5.41) is 9.52. The zero-order valence-corrected chi connectivity index (χ0v) is 17.7. The monoisotopic (exact) mass is 362 g/mol. The fourth-order valence-corrected chi connectivity index (χ4v) is 3.56. The molecule has 2 heterocycles. The molecule has 5 heteroatoms. The van der Waals surface area contributed by atoms with Crippen molar-refractivity contribution >= 4 is 0 Å². The molecule has 0 aliphatic carbocycles. The summed E-state index contributed by atoms with van der Waals surface area (Å²) in [5.74, 6) is 1.20. The van der Waals surface area contributed by atoms with Crippen LogP contribution in [0.3, 0.4) is 0 Å². The van der Waals surface area contributed by atoms with Crippen molar-refractivity contribution in [1.29, 1.82) is 0 Å². The smallest absolute Gasteiger partial charge is 0.106 e. The lowest BCUT2D eigenvalue weighted by Gasteiger charge is -2.38. The molecule has 6 atom stereocenters. The third-order valence-corrected chi connectivity index (χ3v) is 4.85. The van der Waals surface area contributed by atoms with Crippen LogP contribution in [0.25, 0.3) is 0 Å². The molecule has 0 spiro atoms. The van der Waals surface area contributed by atoms with Crippen LogP contribution in [-0.4, -0.2) is 62.6 Å². The lowest BCUT2D eigenvalue weighted by Crippen LogP contribution is -2.44. The Bertz CT molecular complexity index is 308. The molecule has 0 aromatic rings. The van der Waals surface area contributed by atoms with Crippen LogP contribution in [0.2, 0.25) is 0 Å². The van der Waals surface area contributed by atoms with Crippen molar-refractivity contribution in [3.63, 3.8) is 0 Å². The topological polar surface area (TPSA) is 57.2 Å². The van der Waals surface area contributed by atoms with Gasteiger partial charge in [0.05, 0.1) is 24.4 Å². The minimum absolute atomic E-state index is 0.0243. The maximum Gasteiger partial charge on any atom is 0.106 e. The molecule has 0 amide bonds. The van der Waals surface area contributed by atoms with E-state index in [9.17, 15) is 5.11 Å². The number of methoxy groups -OCH3 is 1. The summed E-state index contributed by atoms with van der Waals surface area (Å²) in [6.07, 6.45) is 2.04. The van der Waals surface area contributed by atoms with E-state index in [1.54, 1.807) is 7.11 Å². The molecule has 2 rings (SSSR count). The first-order valence-electron chi connectivity index (χ1n) is 9.97. The summed E-state index contributed by atoms with van der Waals surface area (Å²) in [6, 6.07) is 0. The number of aliphatic hydroxyl groups excluding tert-OH is 1. The molecule has 2 aliphatic heterocycles. The maximum absolute atomic E-state index is 9.52. The molecule has 2 fully saturated rings. The standard InChI is InChI=1S/C10H20O2.C8H16O3.C2H6/c1-7(2)10-8(3)12-6-5-9(10)11-4;1-3-10-7-4-5-11-6(2)8(7)9;1-2/h7-10H,5-6H2,1-4H3;6-9H,3-5H2,1-2H3;1-2H3/t;6?,7?,8-;/m.0./s1. The molecule has 5 nitrogen and oxygen atoms in total. The average molecular weight is 363 g/mol. The van der Waals surface area contributed by atoms with Gasteiger partial charge >= 0.3 is 0 Å². The Labute approximate surface area is 155 Å². The summed E-state index contributed by atoms with van der Waals surface area (Å²) in [4.78, 5) is 0. The van der Waals surface area contributed by atoms with E-state index in [0.29, 0.717) is 37.3 Å². The highest BCUT2D eigenvalue weighted by Crippen LogP contribution is 2.29. The van der Waals surface area contributed by atoms with Gasteiger partial charge in [-0.25, -0.2) is 0 Å². The summed E-state index contributed by atoms with van der Waals surface area (Å²) >= 11 is 0. The second-order valence-corrected chi connectivity index (χ2v) is 6.81. The average Bonchev–Trinajstić information content (AvgIpc) is 2.61. The predicted octanol–water partition coefficient (Wildman–Crippen LogP) is 3.67. The first-order valence-corrected chi connectivity index (χ1v) is 9.97. The quantitative estimate of drug-likeness (QED) is 0.827. The third-order valence-electron chi connectivity index (χ3n) is 4.85. The Morgan fingerprint density at radius 1 is 1.00 bits per heavy atom. The Kier molecular flexibility index (Phi) is 13.8. The highest BCUT2D eigenvalue weighted by atomic mass is 16.5. The number of ether oxygens (including phenoxy) is 4. The van der Waals surface area contributed by atoms with E-state index >= 15 is 0 Å². The van der Waals surface area contributed by atoms with E-state index in [-0.39, 0.29) is 12.2 Å². The molecule has 5 unspecified atom stereocenters. The number of hydrogen-bond acceptors (Lipinski definition) is 5. The van der Waals surface area contributed by atoms with E-state index in [4.69, 9.17) is 18.9 Å². The van der Waals surface area contributed by atoms with Gasteiger partial charge in [-0.15, -0.1) is 0 Å². The summed E-state index contributed by atoms with van der Waals surface area (Å²) in [6.45, 7) is 16.6. The van der Waals surface area contributed by atoms with Crippen LogP contribution in [0.5, 0.6) is 0 Å². The molecule has 2 aliphatic rings. The van der Waals surface area contributed by atoms with Gasteiger partial charge in [0, 0.05) is 32.8 Å². The molecule has 0 saturated carbocycles. The first kappa shape index (κ1) is 24.8. The molecule has 152 valence electrons. The number of aliphatic hydroxyl groups is 1. The van der Waals surface area contributed by atoms with Crippen molar-refractivity contribution in [3.8, 4) is 0 Å². The molecule has 1 N–H and O–H groups in total. The Balaban J connectivity index is 0.000000421. The zero-order valence-electron chi connectivity index (χ0n) is 17.7. The Morgan fingerprint density at radius 3 is 1.96 bits per heavy atom. The van der Waals surface area contributed by atoms with Crippen molar-refractivity contribution in [3.05, 3.63) is 0 Å². The normalized spacial score (nSPS) is 35.3. The molecule has 0 aromatic heterocycles. The Hall–Kier alpha value is -0.200. The fraction of sp³-hybridized carbons (Fsp3) is 1.00. The van der Waals surface area contributed by atoms with Gasteiger partial charge in [-0.3, -0.25) is 0 Å². The number of rotatable bonds is 4. The first-order chi connectivity index (χ1) is 11.9. The van der Waals surface area contributed by atoms with Gasteiger partial charge in [-0.1, -0.05) is 27.7 Å². The second-order valence-electron chi connectivity index (χ2n) is 6.81. The second kappa shape index (κ2) is 13.9. The van der Waals surface area contributed by atoms with Crippen LogP contribution in [0, 0.1) is 11.8 Å². The van der Waals surface area contributed by atoms with E-state index < -0.39 is 6.10 Å². The zero-order chi connectivity index (χ0) is 19.4. The van der Waals surface area contributed by atoms with Crippen LogP contribution >= 0.6 is 0 Å². The Morgan fingerprint density at radius 2 is 1.52 bits per heavy atom. The van der Waals surface area contributed by atoms with Crippen LogP contribution < -0.4 is 0 Å². The molecule has 0 aromatic carbocycles. The van der Waals surface area contributed by atoms with Gasteiger partial charge in [0.15, 0.2) is 0 Å². The van der Waals surface area contributed by atoms with E-state index in [0.717, 1.165) is 19.4 Å². The molecule has 0 radical (unpaired) electrons. The van der Waals surface area contributed by atoms with Crippen LogP contribution in [0.15, 0.2) is 0 Å². The van der Waals surface area contributed by atoms with Gasteiger partial charge in [0.2, 0.25) is 0 Å². The lowest BCUT2D eigenvalue weighted by atomic mass is 9.83. The highest BCUT2D eigenvalue weighted by Gasteiger charge is 2.33. The molecule has 25 heavy (non-hydrogen) atoms. The molecular formula is C20H42O5. The lowest BCUT2D eigenvalue weighted by molar-refractivity contribution is -0.146. The minimum Gasteiger partial charge on any atom is -0.388 e. The van der Waals surface area contributed by atoms with Gasteiger partial charge in [0.25, 0.3) is 0 Å². The highest BCUT2D eigenvalue weighted by molar-refractivity contribution is 4.82. The van der Waals surface area contributed by atoms with Crippen molar-refractivity contribution in [2.45, 2.75) is 91.8 Å². The van der Waals surface area contributed by atoms with Gasteiger partial charge in [-0.05, 0) is 39.5 Å². The summed E-state index contributed by atoms with van der Waals surface area (Å²) in [5.41, 5.74) is 0. The minimum atomic E-state index is -0.455. The van der Waals surface area contributed by atoms with Gasteiger partial charge in [0.1, 0.15) is 6.10 Å². The predicted molar refractivity (Wildman–Crippen MR) is 102 cm³/mol. The van der Waals surface area contributed by atoms with E-state index in [2.05, 4.69) is 20.8 Å². The van der Waals surface area contributed by atoms with Crippen molar-refractivity contribution < 1.29 is 24.1 Å². The fourth-order valence-electron chi connectivity index (χ4n) is 3.56. The van der Waals surface area contributed by atoms with Crippen molar-refractivity contribution in [2.75, 3.05) is 26.9 Å². The third kappa shape index (κ3) is 8.35. The van der Waals surface area contributed by atoms with E-state index in [1.165, 1.54) is 0 Å². The summed E-state index contributed by atoms with van der Waals surface area (Å²) in [7, 11) is 1.80. The van der Waals surface area contributed by atoms with Crippen LogP contribution in [0.4, 0.5) is 0 Å². The van der Waals surface area contributed by atoms with Gasteiger partial charge in [-0.2, -0.15) is 0 Å². The van der Waals surface area contributed by atoms with Crippen molar-refractivity contribution in [2.24, 2.45) is 11.8 Å². The SMILES string of the molecule is CC.CCOC1CCOC(C)[C@@H]1O.COC1CCOC(C)C1C(C)C. The van der Waals surface area contributed by atoms with Crippen molar-refractivity contribution in [1.82, 2.24) is 0 Å². The molecule has 2 saturated heterocycles. The van der Waals surface area contributed by atoms with E-state index in [1.807, 2.05) is 27.7 Å². The molecule has 0 bridgehead atoms. The largest absolute Gasteiger partial charge is 0.388 e. The maximum atomic E-state index is 9.52. The van der Waals surface area contributed by atoms with Crippen LogP contribution in [-0.2, 0) is 18.9 Å².